The summed E-state index contributed by atoms with van der Waals surface area (Å²) in [5.41, 5.74) is 23.8. The first-order chi connectivity index (χ1) is 58.1. The number of benzene rings is 15. The van der Waals surface area contributed by atoms with Crippen LogP contribution in [-0.4, -0.2) is 42.4 Å². The van der Waals surface area contributed by atoms with Crippen molar-refractivity contribution in [1.29, 1.82) is 0 Å². The van der Waals surface area contributed by atoms with Gasteiger partial charge in [0.25, 0.3) is 0 Å². The molecule has 15 aromatic carbocycles. The van der Waals surface area contributed by atoms with Crippen molar-refractivity contribution in [2.24, 2.45) is 0 Å². The molecule has 546 valence electrons. The monoisotopic (exact) mass is 1510 g/mol. The third-order valence-corrected chi connectivity index (χ3v) is 25.0. The Labute approximate surface area is 670 Å². The SMILES string of the molecule is c1ccc2c(c1)c1ccccc1n2-c1ccc2oc3c(-n4c5ccccc5c5ccccc54)cncc3c2c1.c1ccc2c(c1)c1ccccc1n2-c1ccc2oc3ncc(-n4c5ccccc5c5ccccc54)cc3c2c1.c1ccc2c(c1)c1ccccc1n2-c1ccc2sc3ncc(-n4c5ccccc5c5ccccc54)cc3c2c1. The number of thiophene rings is 1. The molecule has 0 amide bonds. The minimum absolute atomic E-state index is 0.647. The van der Waals surface area contributed by atoms with Crippen molar-refractivity contribution in [1.82, 2.24) is 42.4 Å². The number of aromatic nitrogens is 9. The summed E-state index contributed by atoms with van der Waals surface area (Å²) in [6, 6.07) is 127. The molecule has 0 N–H and O–H groups in total. The van der Waals surface area contributed by atoms with E-state index in [4.69, 9.17) is 23.8 Å². The molecule has 27 rings (SSSR count). The Bertz CT molecular complexity index is 7610. The van der Waals surface area contributed by atoms with E-state index in [2.05, 4.69) is 385 Å². The Hall–Kier alpha value is -15.6. The lowest BCUT2D eigenvalue weighted by Gasteiger charge is -2.09. The van der Waals surface area contributed by atoms with Crippen molar-refractivity contribution < 1.29 is 8.83 Å². The molecule has 0 radical (unpaired) electrons. The van der Waals surface area contributed by atoms with E-state index in [1.54, 1.807) is 11.3 Å². The molecular weight excluding hydrogens is 1450 g/mol. The second-order valence-electron chi connectivity index (χ2n) is 30.2. The molecule has 12 heteroatoms. The Balaban J connectivity index is 0.0000000980. The maximum atomic E-state index is 6.58. The van der Waals surface area contributed by atoms with Gasteiger partial charge in [-0.15, -0.1) is 11.3 Å². The highest BCUT2D eigenvalue weighted by Gasteiger charge is 2.24. The number of hydrogen-bond donors (Lipinski definition) is 0. The molecule has 12 aromatic heterocycles. The van der Waals surface area contributed by atoms with Gasteiger partial charge in [0.2, 0.25) is 5.71 Å². The van der Waals surface area contributed by atoms with E-state index >= 15 is 0 Å². The molecule has 117 heavy (non-hydrogen) atoms. The average Bonchev–Trinajstić information content (AvgIpc) is 1.55. The predicted molar refractivity (Wildman–Crippen MR) is 486 cm³/mol. The molecule has 0 aliphatic rings. The number of pyridine rings is 3. The van der Waals surface area contributed by atoms with Crippen molar-refractivity contribution in [3.05, 3.63) is 383 Å². The Kier molecular flexibility index (Phi) is 14.1. The van der Waals surface area contributed by atoms with Gasteiger partial charge in [0.05, 0.1) is 102 Å². The summed E-state index contributed by atoms with van der Waals surface area (Å²) < 4.78 is 28.0. The van der Waals surface area contributed by atoms with Gasteiger partial charge in [0.15, 0.2) is 5.58 Å². The fourth-order valence-corrected chi connectivity index (χ4v) is 20.0. The number of rotatable bonds is 6. The maximum Gasteiger partial charge on any atom is 0.227 e. The fraction of sp³-hybridized carbons (Fsp3) is 0. The summed E-state index contributed by atoms with van der Waals surface area (Å²) in [6.45, 7) is 0. The zero-order valence-electron chi connectivity index (χ0n) is 62.6. The molecule has 0 aliphatic carbocycles. The first kappa shape index (κ1) is 65.0. The van der Waals surface area contributed by atoms with Crippen molar-refractivity contribution in [2.45, 2.75) is 0 Å². The predicted octanol–water partition coefficient (Wildman–Crippen LogP) is 28.0. The van der Waals surface area contributed by atoms with Crippen LogP contribution in [0.15, 0.2) is 392 Å². The van der Waals surface area contributed by atoms with Crippen LogP contribution in [0.4, 0.5) is 0 Å². The minimum Gasteiger partial charge on any atom is -0.454 e. The lowest BCUT2D eigenvalue weighted by atomic mass is 10.1. The van der Waals surface area contributed by atoms with E-state index in [1.165, 1.54) is 141 Å². The van der Waals surface area contributed by atoms with Crippen LogP contribution in [0, 0.1) is 0 Å². The summed E-state index contributed by atoms with van der Waals surface area (Å²) in [7, 11) is 0. The van der Waals surface area contributed by atoms with Crippen molar-refractivity contribution >= 4 is 206 Å². The maximum absolute atomic E-state index is 6.58. The van der Waals surface area contributed by atoms with E-state index < -0.39 is 0 Å². The highest BCUT2D eigenvalue weighted by atomic mass is 32.1. The van der Waals surface area contributed by atoms with Gasteiger partial charge in [0.1, 0.15) is 21.7 Å². The second kappa shape index (κ2) is 25.4. The summed E-state index contributed by atoms with van der Waals surface area (Å²) in [4.78, 5) is 15.5. The molecule has 11 nitrogen and oxygen atoms in total. The summed E-state index contributed by atoms with van der Waals surface area (Å²) >= 11 is 1.76. The molecule has 0 bridgehead atoms. The van der Waals surface area contributed by atoms with Crippen LogP contribution < -0.4 is 0 Å². The minimum atomic E-state index is 0.647. The summed E-state index contributed by atoms with van der Waals surface area (Å²) in [6.07, 6.45) is 7.77. The van der Waals surface area contributed by atoms with Crippen molar-refractivity contribution in [3.63, 3.8) is 0 Å². The number of para-hydroxylation sites is 12. The van der Waals surface area contributed by atoms with Crippen molar-refractivity contribution in [2.75, 3.05) is 0 Å². The van der Waals surface area contributed by atoms with Gasteiger partial charge >= 0.3 is 0 Å². The zero-order chi connectivity index (χ0) is 76.5. The topological polar surface area (TPSA) is 94.5 Å². The van der Waals surface area contributed by atoms with E-state index in [-0.39, 0.29) is 0 Å². The fourth-order valence-electron chi connectivity index (χ4n) is 18.9. The standard InChI is InChI=1S/2C35H21N3O.C35H21N3S/c1-5-13-30-24(9-1)25-10-2-6-14-31(25)37(30)22-17-18-34-28(19-22)29-20-23(21-36-35(29)39-34)38-32-15-7-3-11-26(32)27-12-4-8-16-33(27)38;1-5-13-29-23(9-1)24-10-2-6-14-30(24)37(29)22-17-18-34-27(19-22)28-20-36-21-33(35(28)39-34)38-31-15-7-3-11-25(31)26-12-4-8-16-32(26)38;1-5-13-30-24(9-1)25-10-2-6-14-31(25)37(30)22-17-18-34-28(19-22)29-20-23(21-36-35(29)39-34)38-32-15-7-3-11-26(32)27-12-4-8-16-33(27)38/h3*1-21H. The first-order valence-corrected chi connectivity index (χ1v) is 40.2. The molecule has 0 unspecified atom stereocenters. The molecule has 27 aromatic rings. The molecule has 0 saturated carbocycles. The molecular formula is C105H63N9O2S. The van der Waals surface area contributed by atoms with Gasteiger partial charge in [-0.1, -0.05) is 218 Å². The van der Waals surface area contributed by atoms with Crippen LogP contribution >= 0.6 is 11.3 Å². The van der Waals surface area contributed by atoms with Crippen LogP contribution in [0.25, 0.3) is 229 Å². The zero-order valence-corrected chi connectivity index (χ0v) is 63.4. The van der Waals surface area contributed by atoms with Gasteiger partial charge in [-0.3, -0.25) is 4.98 Å². The quantitative estimate of drug-likeness (QED) is 0.165. The van der Waals surface area contributed by atoms with Crippen LogP contribution in [0.3, 0.4) is 0 Å². The summed E-state index contributed by atoms with van der Waals surface area (Å²) in [5, 5.41) is 21.5. The van der Waals surface area contributed by atoms with Gasteiger partial charge in [-0.05, 0) is 140 Å². The second-order valence-corrected chi connectivity index (χ2v) is 31.2. The largest absolute Gasteiger partial charge is 0.454 e. The average molecular weight is 1510 g/mol. The third-order valence-electron chi connectivity index (χ3n) is 23.9. The number of fused-ring (bicyclic) bond motifs is 27. The molecule has 0 atom stereocenters. The van der Waals surface area contributed by atoms with E-state index in [0.29, 0.717) is 5.71 Å². The molecule has 12 heterocycles. The van der Waals surface area contributed by atoms with Gasteiger partial charge < -0.3 is 36.2 Å². The number of hydrogen-bond acceptors (Lipinski definition) is 6. The molecule has 0 spiro atoms. The first-order valence-electron chi connectivity index (χ1n) is 39.4. The van der Waals surface area contributed by atoms with E-state index in [9.17, 15) is 0 Å². The van der Waals surface area contributed by atoms with E-state index in [0.717, 1.165) is 82.6 Å². The highest BCUT2D eigenvalue weighted by molar-refractivity contribution is 7.25. The molecule has 0 fully saturated rings. The molecule has 0 saturated heterocycles. The van der Waals surface area contributed by atoms with Gasteiger partial charge in [-0.2, -0.15) is 0 Å². The Morgan fingerprint density at radius 1 is 0.205 bits per heavy atom. The van der Waals surface area contributed by atoms with Crippen LogP contribution in [0.5, 0.6) is 0 Å². The third kappa shape index (κ3) is 9.77. The van der Waals surface area contributed by atoms with Crippen LogP contribution in [-0.2, 0) is 0 Å². The highest BCUT2D eigenvalue weighted by Crippen LogP contribution is 2.45. The number of furan rings is 2. The number of nitrogens with zero attached hydrogens (tertiary/aromatic N) is 9. The normalized spacial score (nSPS) is 12.1. The van der Waals surface area contributed by atoms with Gasteiger partial charge in [0, 0.05) is 120 Å². The Morgan fingerprint density at radius 2 is 0.487 bits per heavy atom. The van der Waals surface area contributed by atoms with Gasteiger partial charge in [-0.25, -0.2) is 9.97 Å². The summed E-state index contributed by atoms with van der Waals surface area (Å²) in [5.74, 6) is 0. The van der Waals surface area contributed by atoms with E-state index in [1.807, 2.05) is 24.8 Å². The lowest BCUT2D eigenvalue weighted by molar-refractivity contribution is 0.654. The van der Waals surface area contributed by atoms with Crippen molar-refractivity contribution in [3.8, 4) is 34.1 Å². The lowest BCUT2D eigenvalue weighted by Crippen LogP contribution is -1.95. The van der Waals surface area contributed by atoms with Crippen LogP contribution in [0.2, 0.25) is 0 Å². The molecule has 0 aliphatic heterocycles. The smallest absolute Gasteiger partial charge is 0.227 e. The Morgan fingerprint density at radius 3 is 0.855 bits per heavy atom. The van der Waals surface area contributed by atoms with Crippen LogP contribution in [0.1, 0.15) is 0 Å².